The molecule has 0 spiro atoms. The summed E-state index contributed by atoms with van der Waals surface area (Å²) in [6.07, 6.45) is 3.57. The van der Waals surface area contributed by atoms with Crippen LogP contribution in [-0.4, -0.2) is 24.0 Å². The van der Waals surface area contributed by atoms with Gasteiger partial charge in [-0.2, -0.15) is 0 Å². The number of hydrogen-bond acceptors (Lipinski definition) is 2. The van der Waals surface area contributed by atoms with Gasteiger partial charge in [-0.3, -0.25) is 4.98 Å². The first kappa shape index (κ1) is 15.9. The molecule has 2 N–H and O–H groups in total. The van der Waals surface area contributed by atoms with Crippen molar-refractivity contribution in [3.63, 3.8) is 0 Å². The lowest BCUT2D eigenvalue weighted by Crippen LogP contribution is -2.37. The van der Waals surface area contributed by atoms with E-state index in [4.69, 9.17) is 0 Å². The topological polar surface area (TPSA) is 49.3 Å². The molecule has 1 aromatic rings. The Kier molecular flexibility index (Phi) is 9.41. The van der Waals surface area contributed by atoms with Crippen LogP contribution in [0.2, 0.25) is 0 Å². The van der Waals surface area contributed by atoms with E-state index in [9.17, 15) is 0 Å². The summed E-state index contributed by atoms with van der Waals surface area (Å²) in [4.78, 5) is 8.61. The average Bonchev–Trinajstić information content (AvgIpc) is 2.34. The smallest absolute Gasteiger partial charge is 0.191 e. The summed E-state index contributed by atoms with van der Waals surface area (Å²) in [5, 5.41) is 6.28. The Morgan fingerprint density at radius 1 is 1.47 bits per heavy atom. The second kappa shape index (κ2) is 10.1. The van der Waals surface area contributed by atoms with Gasteiger partial charge in [0.05, 0.1) is 12.2 Å². The highest BCUT2D eigenvalue weighted by molar-refractivity contribution is 14.0. The molecule has 5 heteroatoms. The van der Waals surface area contributed by atoms with Crippen LogP contribution < -0.4 is 10.6 Å². The van der Waals surface area contributed by atoms with Crippen LogP contribution in [0.5, 0.6) is 0 Å². The number of nitrogens with zero attached hydrogens (tertiary/aromatic N) is 2. The SMILES string of the molecule is C=CCNC(=NCc1ccccn1)NCC.I. The highest BCUT2D eigenvalue weighted by atomic mass is 127. The van der Waals surface area contributed by atoms with Crippen LogP contribution in [0.3, 0.4) is 0 Å². The zero-order valence-electron chi connectivity index (χ0n) is 10.0. The normalized spacial score (nSPS) is 10.3. The molecule has 1 rings (SSSR count). The molecule has 94 valence electrons. The summed E-state index contributed by atoms with van der Waals surface area (Å²) in [6.45, 7) is 7.80. The van der Waals surface area contributed by atoms with Crippen molar-refractivity contribution in [3.8, 4) is 0 Å². The molecule has 0 aliphatic heterocycles. The lowest BCUT2D eigenvalue weighted by atomic mass is 10.3. The zero-order chi connectivity index (χ0) is 11.6. The van der Waals surface area contributed by atoms with E-state index in [1.807, 2.05) is 25.1 Å². The van der Waals surface area contributed by atoms with Crippen LogP contribution in [0.4, 0.5) is 0 Å². The van der Waals surface area contributed by atoms with Crippen molar-refractivity contribution in [2.24, 2.45) is 4.99 Å². The standard InChI is InChI=1S/C12H18N4.HI/c1-3-8-15-12(13-4-2)16-10-11-7-5-6-9-14-11;/h3,5-7,9H,1,4,8,10H2,2H3,(H2,13,15,16);1H. The number of hydrogen-bond donors (Lipinski definition) is 2. The van der Waals surface area contributed by atoms with Gasteiger partial charge in [0.2, 0.25) is 0 Å². The summed E-state index contributed by atoms with van der Waals surface area (Å²) >= 11 is 0. The molecule has 0 aromatic carbocycles. The van der Waals surface area contributed by atoms with Gasteiger partial charge in [0.25, 0.3) is 0 Å². The van der Waals surface area contributed by atoms with E-state index in [1.165, 1.54) is 0 Å². The minimum atomic E-state index is 0. The Morgan fingerprint density at radius 2 is 2.29 bits per heavy atom. The first-order chi connectivity index (χ1) is 7.86. The first-order valence-corrected chi connectivity index (χ1v) is 5.39. The fraction of sp³-hybridized carbons (Fsp3) is 0.333. The van der Waals surface area contributed by atoms with Gasteiger partial charge in [0.15, 0.2) is 5.96 Å². The predicted octanol–water partition coefficient (Wildman–Crippen LogP) is 1.94. The van der Waals surface area contributed by atoms with Gasteiger partial charge < -0.3 is 10.6 Å². The van der Waals surface area contributed by atoms with Gasteiger partial charge in [-0.15, -0.1) is 30.6 Å². The molecule has 0 amide bonds. The van der Waals surface area contributed by atoms with Gasteiger partial charge in [0.1, 0.15) is 0 Å². The molecule has 17 heavy (non-hydrogen) atoms. The molecule has 0 saturated heterocycles. The maximum atomic E-state index is 4.41. The maximum Gasteiger partial charge on any atom is 0.191 e. The Labute approximate surface area is 120 Å². The number of rotatable bonds is 5. The third-order valence-corrected chi connectivity index (χ3v) is 1.88. The first-order valence-electron chi connectivity index (χ1n) is 5.39. The van der Waals surface area contributed by atoms with Crippen molar-refractivity contribution in [1.82, 2.24) is 15.6 Å². The minimum absolute atomic E-state index is 0. The van der Waals surface area contributed by atoms with E-state index in [2.05, 4.69) is 27.2 Å². The van der Waals surface area contributed by atoms with Crippen LogP contribution in [0.15, 0.2) is 42.0 Å². The number of halogens is 1. The number of aliphatic imine (C=N–C) groups is 1. The molecule has 0 aliphatic carbocycles. The van der Waals surface area contributed by atoms with E-state index < -0.39 is 0 Å². The van der Waals surface area contributed by atoms with Crippen molar-refractivity contribution in [1.29, 1.82) is 0 Å². The lowest BCUT2D eigenvalue weighted by molar-refractivity contribution is 0.853. The number of aromatic nitrogens is 1. The monoisotopic (exact) mass is 346 g/mol. The number of pyridine rings is 1. The summed E-state index contributed by atoms with van der Waals surface area (Å²) in [5.74, 6) is 0.785. The van der Waals surface area contributed by atoms with Gasteiger partial charge in [-0.1, -0.05) is 12.1 Å². The van der Waals surface area contributed by atoms with Gasteiger partial charge in [-0.25, -0.2) is 4.99 Å². The van der Waals surface area contributed by atoms with Crippen LogP contribution in [-0.2, 0) is 6.54 Å². The molecule has 0 radical (unpaired) electrons. The second-order valence-electron chi connectivity index (χ2n) is 3.19. The average molecular weight is 346 g/mol. The molecule has 4 nitrogen and oxygen atoms in total. The Balaban J connectivity index is 0.00000256. The minimum Gasteiger partial charge on any atom is -0.357 e. The van der Waals surface area contributed by atoms with Gasteiger partial charge >= 0.3 is 0 Å². The molecule has 0 aliphatic rings. The summed E-state index contributed by atoms with van der Waals surface area (Å²) in [7, 11) is 0. The Hall–Kier alpha value is -1.11. The predicted molar refractivity (Wildman–Crippen MR) is 82.7 cm³/mol. The molecule has 0 unspecified atom stereocenters. The quantitative estimate of drug-likeness (QED) is 0.371. The van der Waals surface area contributed by atoms with E-state index >= 15 is 0 Å². The largest absolute Gasteiger partial charge is 0.357 e. The molecular weight excluding hydrogens is 327 g/mol. The zero-order valence-corrected chi connectivity index (χ0v) is 12.3. The number of guanidine groups is 1. The molecule has 0 fully saturated rings. The van der Waals surface area contributed by atoms with Crippen LogP contribution >= 0.6 is 24.0 Å². The van der Waals surface area contributed by atoms with E-state index in [1.54, 1.807) is 12.3 Å². The fourth-order valence-corrected chi connectivity index (χ4v) is 1.16. The van der Waals surface area contributed by atoms with Crippen LogP contribution in [0.1, 0.15) is 12.6 Å². The molecule has 0 atom stereocenters. The van der Waals surface area contributed by atoms with Crippen molar-refractivity contribution in [3.05, 3.63) is 42.7 Å². The Morgan fingerprint density at radius 3 is 2.88 bits per heavy atom. The molecule has 1 aromatic heterocycles. The Bertz CT molecular complexity index is 338. The van der Waals surface area contributed by atoms with E-state index in [0.717, 1.165) is 18.2 Å². The van der Waals surface area contributed by atoms with Crippen molar-refractivity contribution in [2.45, 2.75) is 13.5 Å². The van der Waals surface area contributed by atoms with Gasteiger partial charge in [-0.05, 0) is 19.1 Å². The summed E-state index contributed by atoms with van der Waals surface area (Å²) in [6, 6.07) is 5.82. The van der Waals surface area contributed by atoms with Crippen LogP contribution in [0.25, 0.3) is 0 Å². The van der Waals surface area contributed by atoms with Crippen molar-refractivity contribution < 1.29 is 0 Å². The van der Waals surface area contributed by atoms with Gasteiger partial charge in [0, 0.05) is 19.3 Å². The second-order valence-corrected chi connectivity index (χ2v) is 3.19. The van der Waals surface area contributed by atoms with Crippen molar-refractivity contribution >= 4 is 29.9 Å². The maximum absolute atomic E-state index is 4.41. The molecule has 1 heterocycles. The van der Waals surface area contributed by atoms with E-state index in [-0.39, 0.29) is 24.0 Å². The molecular formula is C12H19IN4. The lowest BCUT2D eigenvalue weighted by Gasteiger charge is -2.08. The summed E-state index contributed by atoms with van der Waals surface area (Å²) < 4.78 is 0. The summed E-state index contributed by atoms with van der Waals surface area (Å²) in [5.41, 5.74) is 0.957. The molecule has 0 saturated carbocycles. The third kappa shape index (κ3) is 6.93. The highest BCUT2D eigenvalue weighted by Gasteiger charge is 1.95. The number of nitrogens with one attached hydrogen (secondary N) is 2. The van der Waals surface area contributed by atoms with E-state index in [0.29, 0.717) is 13.1 Å². The fourth-order valence-electron chi connectivity index (χ4n) is 1.16. The van der Waals surface area contributed by atoms with Crippen molar-refractivity contribution in [2.75, 3.05) is 13.1 Å². The van der Waals surface area contributed by atoms with Crippen LogP contribution in [0, 0.1) is 0 Å². The molecule has 0 bridgehead atoms. The highest BCUT2D eigenvalue weighted by Crippen LogP contribution is 1.94. The third-order valence-electron chi connectivity index (χ3n) is 1.88.